The lowest BCUT2D eigenvalue weighted by Crippen LogP contribution is -2.48. The Hall–Kier alpha value is -2.99. The molecule has 6 nitrogen and oxygen atoms in total. The van der Waals surface area contributed by atoms with Crippen molar-refractivity contribution < 1.29 is 9.21 Å². The number of rotatable bonds is 5. The molecule has 1 N–H and O–H groups in total. The number of nitrogens with zero attached hydrogens (tertiary/aromatic N) is 3. The quantitative estimate of drug-likeness (QED) is 0.708. The summed E-state index contributed by atoms with van der Waals surface area (Å²) in [6, 6.07) is 15.2. The molecule has 144 valence electrons. The highest BCUT2D eigenvalue weighted by atomic mass is 35.5. The number of carbonyl (C=O) groups excluding carboxylic acids is 1. The number of halogens is 1. The number of hydrogen-bond acceptors (Lipinski definition) is 5. The van der Waals surface area contributed by atoms with Crippen molar-refractivity contribution in [2.75, 3.05) is 36.4 Å². The molecule has 0 aliphatic carbocycles. The van der Waals surface area contributed by atoms with E-state index in [0.717, 1.165) is 29.6 Å². The van der Waals surface area contributed by atoms with Gasteiger partial charge in [-0.2, -0.15) is 0 Å². The molecule has 0 atom stereocenters. The smallest absolute Gasteiger partial charge is 0.255 e. The average molecular weight is 397 g/mol. The molecule has 2 aromatic heterocycles. The highest BCUT2D eigenvalue weighted by Crippen LogP contribution is 2.21. The lowest BCUT2D eigenvalue weighted by Gasteiger charge is -2.36. The second kappa shape index (κ2) is 8.35. The SMILES string of the molecule is O=C(c1ccc(NCc2ccco2)nc1)N1CCN(c2cccc(Cl)c2)CC1. The van der Waals surface area contributed by atoms with Crippen LogP contribution < -0.4 is 10.2 Å². The molecule has 7 heteroatoms. The van der Waals surface area contributed by atoms with Crippen LogP contribution in [0.4, 0.5) is 11.5 Å². The number of hydrogen-bond donors (Lipinski definition) is 1. The van der Waals surface area contributed by atoms with E-state index >= 15 is 0 Å². The maximum absolute atomic E-state index is 12.8. The molecule has 0 radical (unpaired) electrons. The first-order valence-corrected chi connectivity index (χ1v) is 9.59. The largest absolute Gasteiger partial charge is 0.467 e. The molecule has 0 spiro atoms. The maximum atomic E-state index is 12.8. The molecule has 0 unspecified atom stereocenters. The van der Waals surface area contributed by atoms with Gasteiger partial charge < -0.3 is 19.5 Å². The summed E-state index contributed by atoms with van der Waals surface area (Å²) in [6.45, 7) is 3.46. The number of nitrogens with one attached hydrogen (secondary N) is 1. The number of pyridine rings is 1. The van der Waals surface area contributed by atoms with E-state index in [4.69, 9.17) is 16.0 Å². The molecule has 3 heterocycles. The highest BCUT2D eigenvalue weighted by molar-refractivity contribution is 6.30. The van der Waals surface area contributed by atoms with Gasteiger partial charge in [0.15, 0.2) is 0 Å². The number of amides is 1. The van der Waals surface area contributed by atoms with E-state index in [1.807, 2.05) is 53.4 Å². The van der Waals surface area contributed by atoms with Crippen LogP contribution in [-0.4, -0.2) is 42.0 Å². The lowest BCUT2D eigenvalue weighted by atomic mass is 10.2. The van der Waals surface area contributed by atoms with Gasteiger partial charge in [-0.1, -0.05) is 17.7 Å². The van der Waals surface area contributed by atoms with Crippen LogP contribution >= 0.6 is 11.6 Å². The summed E-state index contributed by atoms with van der Waals surface area (Å²) in [5.74, 6) is 1.55. The second-order valence-corrected chi connectivity index (χ2v) is 7.06. The fourth-order valence-electron chi connectivity index (χ4n) is 3.24. The number of piperazine rings is 1. The zero-order valence-corrected chi connectivity index (χ0v) is 16.1. The summed E-state index contributed by atoms with van der Waals surface area (Å²) in [5.41, 5.74) is 1.69. The van der Waals surface area contributed by atoms with Gasteiger partial charge in [-0.25, -0.2) is 4.98 Å². The van der Waals surface area contributed by atoms with Crippen molar-refractivity contribution in [2.24, 2.45) is 0 Å². The van der Waals surface area contributed by atoms with Crippen molar-refractivity contribution in [1.29, 1.82) is 0 Å². The Bertz CT molecular complexity index is 920. The monoisotopic (exact) mass is 396 g/mol. The summed E-state index contributed by atoms with van der Waals surface area (Å²) < 4.78 is 5.28. The van der Waals surface area contributed by atoms with Gasteiger partial charge in [0, 0.05) is 43.1 Å². The standard InChI is InChI=1S/C21H21ClN4O2/c22-17-3-1-4-18(13-17)25-8-10-26(11-9-25)21(27)16-6-7-20(23-14-16)24-15-19-5-2-12-28-19/h1-7,12-14H,8-11,15H2,(H,23,24). The summed E-state index contributed by atoms with van der Waals surface area (Å²) in [6.07, 6.45) is 3.26. The predicted octanol–water partition coefficient (Wildman–Crippen LogP) is 3.90. The number of benzene rings is 1. The number of anilines is 2. The number of carbonyl (C=O) groups is 1. The van der Waals surface area contributed by atoms with Gasteiger partial charge in [-0.15, -0.1) is 0 Å². The van der Waals surface area contributed by atoms with E-state index in [1.54, 1.807) is 12.5 Å². The third kappa shape index (κ3) is 4.28. The Labute approximate surface area is 168 Å². The molecule has 1 aromatic carbocycles. The van der Waals surface area contributed by atoms with Crippen LogP contribution in [0.1, 0.15) is 16.1 Å². The van der Waals surface area contributed by atoms with Crippen LogP contribution in [0.5, 0.6) is 0 Å². The van der Waals surface area contributed by atoms with Gasteiger partial charge in [-0.3, -0.25) is 4.79 Å². The van der Waals surface area contributed by atoms with Gasteiger partial charge in [0.1, 0.15) is 11.6 Å². The Morgan fingerprint density at radius 1 is 1.11 bits per heavy atom. The van der Waals surface area contributed by atoms with Crippen molar-refractivity contribution in [1.82, 2.24) is 9.88 Å². The van der Waals surface area contributed by atoms with E-state index in [-0.39, 0.29) is 5.91 Å². The van der Waals surface area contributed by atoms with Crippen LogP contribution in [0.15, 0.2) is 65.4 Å². The molecule has 1 fully saturated rings. The van der Waals surface area contributed by atoms with Gasteiger partial charge in [0.2, 0.25) is 0 Å². The molecule has 1 aliphatic heterocycles. The Kier molecular flexibility index (Phi) is 5.48. The van der Waals surface area contributed by atoms with Crippen molar-refractivity contribution in [3.63, 3.8) is 0 Å². The minimum absolute atomic E-state index is 0.0100. The fourth-order valence-corrected chi connectivity index (χ4v) is 3.42. The second-order valence-electron chi connectivity index (χ2n) is 6.62. The van der Waals surface area contributed by atoms with Gasteiger partial charge >= 0.3 is 0 Å². The Morgan fingerprint density at radius 3 is 2.64 bits per heavy atom. The number of furan rings is 1. The summed E-state index contributed by atoms with van der Waals surface area (Å²) in [5, 5.41) is 3.90. The average Bonchev–Trinajstić information content (AvgIpc) is 3.26. The van der Waals surface area contributed by atoms with Crippen molar-refractivity contribution in [2.45, 2.75) is 6.54 Å². The molecular formula is C21H21ClN4O2. The summed E-state index contributed by atoms with van der Waals surface area (Å²) >= 11 is 6.08. The van der Waals surface area contributed by atoms with Crippen LogP contribution in [0.25, 0.3) is 0 Å². The van der Waals surface area contributed by atoms with Crippen molar-refractivity contribution >= 4 is 29.0 Å². The minimum atomic E-state index is 0.0100. The first-order chi connectivity index (χ1) is 13.7. The third-order valence-corrected chi connectivity index (χ3v) is 5.01. The summed E-state index contributed by atoms with van der Waals surface area (Å²) in [4.78, 5) is 21.2. The molecular weight excluding hydrogens is 376 g/mol. The molecule has 0 saturated carbocycles. The normalized spacial score (nSPS) is 14.2. The maximum Gasteiger partial charge on any atom is 0.255 e. The van der Waals surface area contributed by atoms with E-state index in [9.17, 15) is 4.79 Å². The van der Waals surface area contributed by atoms with E-state index in [0.29, 0.717) is 31.0 Å². The van der Waals surface area contributed by atoms with Crippen molar-refractivity contribution in [3.05, 3.63) is 77.3 Å². The number of aromatic nitrogens is 1. The van der Waals surface area contributed by atoms with E-state index < -0.39 is 0 Å². The summed E-state index contributed by atoms with van der Waals surface area (Å²) in [7, 11) is 0. The predicted molar refractivity (Wildman–Crippen MR) is 110 cm³/mol. The lowest BCUT2D eigenvalue weighted by molar-refractivity contribution is 0.0746. The highest BCUT2D eigenvalue weighted by Gasteiger charge is 2.22. The zero-order chi connectivity index (χ0) is 19.3. The first kappa shape index (κ1) is 18.4. The third-order valence-electron chi connectivity index (χ3n) is 4.77. The van der Waals surface area contributed by atoms with Crippen LogP contribution in [0.3, 0.4) is 0 Å². The van der Waals surface area contributed by atoms with Crippen LogP contribution in [0, 0.1) is 0 Å². The van der Waals surface area contributed by atoms with Crippen LogP contribution in [0.2, 0.25) is 5.02 Å². The molecule has 1 saturated heterocycles. The molecule has 1 aliphatic rings. The Morgan fingerprint density at radius 2 is 1.96 bits per heavy atom. The van der Waals surface area contributed by atoms with Crippen LogP contribution in [-0.2, 0) is 6.54 Å². The van der Waals surface area contributed by atoms with Crippen molar-refractivity contribution in [3.8, 4) is 0 Å². The Balaban J connectivity index is 1.32. The molecule has 3 aromatic rings. The molecule has 0 bridgehead atoms. The van der Waals surface area contributed by atoms with Gasteiger partial charge in [0.05, 0.1) is 18.4 Å². The van der Waals surface area contributed by atoms with E-state index in [1.165, 1.54) is 0 Å². The first-order valence-electron chi connectivity index (χ1n) is 9.21. The minimum Gasteiger partial charge on any atom is -0.467 e. The van der Waals surface area contributed by atoms with Gasteiger partial charge in [0.25, 0.3) is 5.91 Å². The topological polar surface area (TPSA) is 61.6 Å². The molecule has 28 heavy (non-hydrogen) atoms. The molecule has 4 rings (SSSR count). The van der Waals surface area contributed by atoms with Gasteiger partial charge in [-0.05, 0) is 42.5 Å². The molecule has 1 amide bonds. The zero-order valence-electron chi connectivity index (χ0n) is 15.3. The van der Waals surface area contributed by atoms with E-state index in [2.05, 4.69) is 15.2 Å². The fraction of sp³-hybridized carbons (Fsp3) is 0.238.